The van der Waals surface area contributed by atoms with E-state index in [-0.39, 0.29) is 18.4 Å². The molecule has 1 N–H and O–H groups in total. The fourth-order valence-corrected chi connectivity index (χ4v) is 4.57. The van der Waals surface area contributed by atoms with E-state index >= 15 is 0 Å². The normalized spacial score (nSPS) is 12.2. The minimum absolute atomic E-state index is 0.196. The van der Waals surface area contributed by atoms with E-state index in [4.69, 9.17) is 9.47 Å². The third kappa shape index (κ3) is 4.99. The molecular formula is C25H28N2O4S. The molecule has 3 rings (SSSR count). The third-order valence-corrected chi connectivity index (χ3v) is 6.40. The van der Waals surface area contributed by atoms with Crippen molar-refractivity contribution < 1.29 is 19.1 Å². The lowest BCUT2D eigenvalue weighted by Crippen LogP contribution is -2.37. The maximum atomic E-state index is 13.5. The van der Waals surface area contributed by atoms with Crippen molar-refractivity contribution in [1.29, 1.82) is 0 Å². The summed E-state index contributed by atoms with van der Waals surface area (Å²) < 4.78 is 10.5. The molecule has 0 aliphatic carbocycles. The van der Waals surface area contributed by atoms with Gasteiger partial charge in [0, 0.05) is 5.92 Å². The van der Waals surface area contributed by atoms with Gasteiger partial charge in [-0.1, -0.05) is 67.6 Å². The predicted molar refractivity (Wildman–Crippen MR) is 126 cm³/mol. The van der Waals surface area contributed by atoms with Gasteiger partial charge in [-0.25, -0.2) is 9.78 Å². The van der Waals surface area contributed by atoms with Crippen molar-refractivity contribution in [3.63, 3.8) is 0 Å². The van der Waals surface area contributed by atoms with Gasteiger partial charge in [-0.05, 0) is 37.1 Å². The molecule has 0 fully saturated rings. The first kappa shape index (κ1) is 23.5. The first-order chi connectivity index (χ1) is 15.3. The van der Waals surface area contributed by atoms with Crippen molar-refractivity contribution in [2.24, 2.45) is 5.41 Å². The number of aromatic nitrogens is 1. The summed E-state index contributed by atoms with van der Waals surface area (Å²) in [6.45, 7) is 7.58. The van der Waals surface area contributed by atoms with Crippen LogP contribution in [0.3, 0.4) is 0 Å². The van der Waals surface area contributed by atoms with Gasteiger partial charge in [0.25, 0.3) is 0 Å². The lowest BCUT2D eigenvalue weighted by Gasteiger charge is -2.34. The highest BCUT2D eigenvalue weighted by atomic mass is 32.1. The average molecular weight is 453 g/mol. The summed E-state index contributed by atoms with van der Waals surface area (Å²) in [5.41, 5.74) is 1.69. The molecule has 1 amide bonds. The zero-order chi connectivity index (χ0) is 23.3. The molecule has 32 heavy (non-hydrogen) atoms. The van der Waals surface area contributed by atoms with E-state index in [1.54, 1.807) is 21.0 Å². The first-order valence-electron chi connectivity index (χ1n) is 10.4. The second kappa shape index (κ2) is 9.96. The first-order valence-corrected chi connectivity index (χ1v) is 11.2. The number of anilines is 1. The number of carbonyl (C=O) groups excluding carboxylic acids is 2. The van der Waals surface area contributed by atoms with Gasteiger partial charge in [-0.15, -0.1) is 0 Å². The lowest BCUT2D eigenvalue weighted by molar-refractivity contribution is -0.124. The number of amides is 1. The van der Waals surface area contributed by atoms with Crippen LogP contribution in [0.5, 0.6) is 5.75 Å². The average Bonchev–Trinajstić information content (AvgIpc) is 3.14. The Hall–Kier alpha value is -3.19. The quantitative estimate of drug-likeness (QED) is 0.461. The van der Waals surface area contributed by atoms with E-state index in [1.165, 1.54) is 0 Å². The molecule has 2 aromatic carbocycles. The maximum absolute atomic E-state index is 13.5. The number of benzene rings is 2. The second-order valence-electron chi connectivity index (χ2n) is 7.95. The van der Waals surface area contributed by atoms with Gasteiger partial charge in [0.05, 0.1) is 24.8 Å². The molecular weight excluding hydrogens is 424 g/mol. The van der Waals surface area contributed by atoms with E-state index in [9.17, 15) is 9.59 Å². The Balaban J connectivity index is 1.95. The highest BCUT2D eigenvalue weighted by Gasteiger charge is 2.39. The van der Waals surface area contributed by atoms with Crippen LogP contribution in [-0.2, 0) is 9.53 Å². The summed E-state index contributed by atoms with van der Waals surface area (Å²) in [7, 11) is 1.63. The summed E-state index contributed by atoms with van der Waals surface area (Å²) in [5.74, 6) is -0.127. The number of aryl methyl sites for hydroxylation is 1. The molecule has 1 aromatic heterocycles. The minimum Gasteiger partial charge on any atom is -0.497 e. The van der Waals surface area contributed by atoms with E-state index in [0.29, 0.717) is 15.7 Å². The number of esters is 1. The fraction of sp³-hybridized carbons (Fsp3) is 0.320. The number of hydrogen-bond acceptors (Lipinski definition) is 6. The number of ether oxygens (including phenoxy) is 2. The Labute approximate surface area is 192 Å². The molecule has 7 heteroatoms. The molecule has 168 valence electrons. The Kier molecular flexibility index (Phi) is 7.30. The van der Waals surface area contributed by atoms with Crippen LogP contribution >= 0.6 is 11.3 Å². The van der Waals surface area contributed by atoms with Gasteiger partial charge in [-0.2, -0.15) is 0 Å². The lowest BCUT2D eigenvalue weighted by atomic mass is 9.70. The summed E-state index contributed by atoms with van der Waals surface area (Å²) in [4.78, 5) is 30.4. The molecule has 0 saturated carbocycles. The molecule has 1 unspecified atom stereocenters. The van der Waals surface area contributed by atoms with Crippen molar-refractivity contribution in [2.75, 3.05) is 19.0 Å². The Morgan fingerprint density at radius 3 is 2.44 bits per heavy atom. The Bertz CT molecular complexity index is 1090. The van der Waals surface area contributed by atoms with Crippen LogP contribution in [-0.4, -0.2) is 30.6 Å². The topological polar surface area (TPSA) is 77.5 Å². The van der Waals surface area contributed by atoms with Crippen LogP contribution in [0.25, 0.3) is 0 Å². The highest BCUT2D eigenvalue weighted by Crippen LogP contribution is 2.42. The largest absolute Gasteiger partial charge is 0.497 e. The number of methoxy groups -OCH3 is 1. The number of rotatable bonds is 8. The molecule has 0 aliphatic rings. The molecule has 3 aromatic rings. The summed E-state index contributed by atoms with van der Waals surface area (Å²) in [6.07, 6.45) is 0. The number of nitrogens with zero attached hydrogens (tertiary/aromatic N) is 1. The molecule has 0 aliphatic heterocycles. The van der Waals surface area contributed by atoms with Crippen LogP contribution in [0.15, 0.2) is 54.6 Å². The van der Waals surface area contributed by atoms with Crippen molar-refractivity contribution in [3.05, 3.63) is 76.3 Å². The van der Waals surface area contributed by atoms with Gasteiger partial charge in [0.1, 0.15) is 10.6 Å². The molecule has 1 heterocycles. The number of hydrogen-bond donors (Lipinski definition) is 1. The second-order valence-corrected chi connectivity index (χ2v) is 8.95. The van der Waals surface area contributed by atoms with Crippen LogP contribution in [0.4, 0.5) is 5.13 Å². The maximum Gasteiger partial charge on any atom is 0.350 e. The van der Waals surface area contributed by atoms with Gasteiger partial charge in [0.2, 0.25) is 5.91 Å². The summed E-state index contributed by atoms with van der Waals surface area (Å²) in [5, 5.41) is 3.29. The third-order valence-electron chi connectivity index (χ3n) is 5.34. The Morgan fingerprint density at radius 1 is 1.09 bits per heavy atom. The van der Waals surface area contributed by atoms with Gasteiger partial charge >= 0.3 is 5.97 Å². The van der Waals surface area contributed by atoms with Crippen molar-refractivity contribution in [2.45, 2.75) is 33.6 Å². The van der Waals surface area contributed by atoms with E-state index < -0.39 is 11.4 Å². The van der Waals surface area contributed by atoms with Gasteiger partial charge in [0.15, 0.2) is 5.13 Å². The standard InChI is InChI=1S/C25H28N2O4S/c1-6-31-22(28)21-16(2)26-24(32-21)27-23(29)25(3,4)20(17-11-8-7-9-12-17)18-13-10-14-19(15-18)30-5/h7-15,20H,6H2,1-5H3,(H,26,27,29). The predicted octanol–water partition coefficient (Wildman–Crippen LogP) is 5.43. The summed E-state index contributed by atoms with van der Waals surface area (Å²) >= 11 is 1.12. The molecule has 6 nitrogen and oxygen atoms in total. The van der Waals surface area contributed by atoms with E-state index in [0.717, 1.165) is 28.2 Å². The smallest absolute Gasteiger partial charge is 0.350 e. The molecule has 0 saturated heterocycles. The Morgan fingerprint density at radius 2 is 1.78 bits per heavy atom. The summed E-state index contributed by atoms with van der Waals surface area (Å²) in [6, 6.07) is 17.7. The monoisotopic (exact) mass is 452 g/mol. The van der Waals surface area contributed by atoms with E-state index in [2.05, 4.69) is 10.3 Å². The molecule has 1 atom stereocenters. The number of nitrogens with one attached hydrogen (secondary N) is 1. The number of carbonyl (C=O) groups is 2. The SMILES string of the molecule is CCOC(=O)c1sc(NC(=O)C(C)(C)C(c2ccccc2)c2cccc(OC)c2)nc1C. The van der Waals surface area contributed by atoms with Crippen molar-refractivity contribution in [1.82, 2.24) is 4.98 Å². The van der Waals surface area contributed by atoms with Crippen molar-refractivity contribution in [3.8, 4) is 5.75 Å². The van der Waals surface area contributed by atoms with Crippen molar-refractivity contribution >= 4 is 28.3 Å². The minimum atomic E-state index is -0.836. The van der Waals surface area contributed by atoms with E-state index in [1.807, 2.05) is 68.4 Å². The van der Waals surface area contributed by atoms with Crippen LogP contribution in [0, 0.1) is 12.3 Å². The van der Waals surface area contributed by atoms with Crippen LogP contribution in [0.1, 0.15) is 53.2 Å². The van der Waals surface area contributed by atoms with Crippen LogP contribution < -0.4 is 10.1 Å². The molecule has 0 spiro atoms. The van der Waals surface area contributed by atoms with Gasteiger partial charge in [-0.3, -0.25) is 4.79 Å². The molecule has 0 radical (unpaired) electrons. The zero-order valence-corrected chi connectivity index (χ0v) is 19.8. The van der Waals surface area contributed by atoms with Gasteiger partial charge < -0.3 is 14.8 Å². The molecule has 0 bridgehead atoms. The fourth-order valence-electron chi connectivity index (χ4n) is 3.72. The zero-order valence-electron chi connectivity index (χ0n) is 19.0. The van der Waals surface area contributed by atoms with Crippen LogP contribution in [0.2, 0.25) is 0 Å². The number of thiazole rings is 1. The highest BCUT2D eigenvalue weighted by molar-refractivity contribution is 7.17.